The zero-order chi connectivity index (χ0) is 14.1. The Bertz CT molecular complexity index is 475. The number of anilines is 1. The summed E-state index contributed by atoms with van der Waals surface area (Å²) in [6, 6.07) is 2.81. The van der Waals surface area contributed by atoms with Crippen LogP contribution in [0.15, 0.2) is 12.3 Å². The first-order valence-corrected chi connectivity index (χ1v) is 7.47. The number of halogens is 1. The molecule has 0 aromatic carbocycles. The molecule has 20 heavy (non-hydrogen) atoms. The minimum absolute atomic E-state index is 0.155. The second kappa shape index (κ2) is 5.66. The van der Waals surface area contributed by atoms with E-state index in [2.05, 4.69) is 34.1 Å². The molecule has 0 spiro atoms. The van der Waals surface area contributed by atoms with E-state index in [0.29, 0.717) is 24.4 Å². The Morgan fingerprint density at radius 1 is 1.40 bits per heavy atom. The second-order valence-electron chi connectivity index (χ2n) is 6.04. The summed E-state index contributed by atoms with van der Waals surface area (Å²) in [6.07, 6.45) is 4.16. The standard InChI is InChI=1S/C15H23FN4/c1-11-10-20(8-7-19(11)2)15-14(16)12(5-6-17-15)9-18-13-3-4-13/h5-6,11,13,18H,3-4,7-10H2,1-2H3. The molecular formula is C15H23FN4. The number of piperazine rings is 1. The molecular weight excluding hydrogens is 255 g/mol. The Labute approximate surface area is 120 Å². The Morgan fingerprint density at radius 2 is 2.20 bits per heavy atom. The summed E-state index contributed by atoms with van der Waals surface area (Å²) in [4.78, 5) is 8.64. The summed E-state index contributed by atoms with van der Waals surface area (Å²) in [6.45, 7) is 5.40. The van der Waals surface area contributed by atoms with Gasteiger partial charge in [0.1, 0.15) is 0 Å². The molecule has 2 heterocycles. The van der Waals surface area contributed by atoms with Gasteiger partial charge in [-0.05, 0) is 32.9 Å². The average Bonchev–Trinajstić information content (AvgIpc) is 3.25. The molecule has 110 valence electrons. The molecule has 0 radical (unpaired) electrons. The molecule has 1 aliphatic heterocycles. The third-order valence-corrected chi connectivity index (χ3v) is 4.37. The molecule has 1 saturated carbocycles. The first kappa shape index (κ1) is 13.8. The van der Waals surface area contributed by atoms with E-state index in [1.54, 1.807) is 12.3 Å². The normalized spacial score (nSPS) is 24.1. The third-order valence-electron chi connectivity index (χ3n) is 4.37. The van der Waals surface area contributed by atoms with Crippen molar-refractivity contribution in [3.05, 3.63) is 23.6 Å². The van der Waals surface area contributed by atoms with Gasteiger partial charge in [-0.2, -0.15) is 0 Å². The lowest BCUT2D eigenvalue weighted by molar-refractivity contribution is 0.232. The molecule has 1 N–H and O–H groups in total. The van der Waals surface area contributed by atoms with Gasteiger partial charge in [0.15, 0.2) is 11.6 Å². The monoisotopic (exact) mass is 278 g/mol. The molecule has 1 aromatic rings. The number of hydrogen-bond acceptors (Lipinski definition) is 4. The number of aromatic nitrogens is 1. The van der Waals surface area contributed by atoms with Gasteiger partial charge < -0.3 is 15.1 Å². The molecule has 2 fully saturated rings. The molecule has 4 nitrogen and oxygen atoms in total. The highest BCUT2D eigenvalue weighted by Gasteiger charge is 2.25. The molecule has 1 aliphatic carbocycles. The van der Waals surface area contributed by atoms with Crippen molar-refractivity contribution in [2.75, 3.05) is 31.6 Å². The van der Waals surface area contributed by atoms with E-state index in [0.717, 1.165) is 25.2 Å². The van der Waals surface area contributed by atoms with Crippen LogP contribution < -0.4 is 10.2 Å². The van der Waals surface area contributed by atoms with Crippen LogP contribution in [0.4, 0.5) is 10.2 Å². The van der Waals surface area contributed by atoms with Gasteiger partial charge in [-0.3, -0.25) is 0 Å². The van der Waals surface area contributed by atoms with Gasteiger partial charge in [0.25, 0.3) is 0 Å². The molecule has 1 atom stereocenters. The van der Waals surface area contributed by atoms with E-state index in [9.17, 15) is 4.39 Å². The molecule has 1 unspecified atom stereocenters. The highest BCUT2D eigenvalue weighted by Crippen LogP contribution is 2.24. The molecule has 0 amide bonds. The maximum absolute atomic E-state index is 14.6. The van der Waals surface area contributed by atoms with E-state index < -0.39 is 0 Å². The highest BCUT2D eigenvalue weighted by atomic mass is 19.1. The molecule has 3 rings (SSSR count). The Hall–Kier alpha value is -1.20. The number of likely N-dealkylation sites (N-methyl/N-ethyl adjacent to an activating group) is 1. The van der Waals surface area contributed by atoms with Gasteiger partial charge in [-0.25, -0.2) is 9.37 Å². The van der Waals surface area contributed by atoms with Crippen molar-refractivity contribution in [2.45, 2.75) is 38.4 Å². The van der Waals surface area contributed by atoms with Gasteiger partial charge >= 0.3 is 0 Å². The molecule has 0 bridgehead atoms. The summed E-state index contributed by atoms with van der Waals surface area (Å²) in [7, 11) is 2.11. The minimum atomic E-state index is -0.155. The van der Waals surface area contributed by atoms with Crippen LogP contribution in [0.1, 0.15) is 25.3 Å². The fourth-order valence-electron chi connectivity index (χ4n) is 2.61. The van der Waals surface area contributed by atoms with E-state index in [1.165, 1.54) is 12.8 Å². The number of nitrogens with one attached hydrogen (secondary N) is 1. The predicted octanol–water partition coefficient (Wildman–Crippen LogP) is 1.61. The van der Waals surface area contributed by atoms with Crippen molar-refractivity contribution in [1.82, 2.24) is 15.2 Å². The summed E-state index contributed by atoms with van der Waals surface area (Å²) >= 11 is 0. The minimum Gasteiger partial charge on any atom is -0.351 e. The number of rotatable bonds is 4. The smallest absolute Gasteiger partial charge is 0.170 e. The van der Waals surface area contributed by atoms with Gasteiger partial charge in [0, 0.05) is 50.0 Å². The Kier molecular flexibility index (Phi) is 3.89. The van der Waals surface area contributed by atoms with Crippen LogP contribution in [0.2, 0.25) is 0 Å². The summed E-state index contributed by atoms with van der Waals surface area (Å²) < 4.78 is 14.6. The third kappa shape index (κ3) is 2.94. The van der Waals surface area contributed by atoms with E-state index >= 15 is 0 Å². The van der Waals surface area contributed by atoms with E-state index in [-0.39, 0.29) is 5.82 Å². The lowest BCUT2D eigenvalue weighted by Gasteiger charge is -2.38. The zero-order valence-electron chi connectivity index (χ0n) is 12.3. The fourth-order valence-corrected chi connectivity index (χ4v) is 2.61. The van der Waals surface area contributed by atoms with Crippen molar-refractivity contribution in [3.63, 3.8) is 0 Å². The van der Waals surface area contributed by atoms with Crippen LogP contribution in [0, 0.1) is 5.82 Å². The van der Waals surface area contributed by atoms with Crippen LogP contribution in [-0.2, 0) is 6.54 Å². The second-order valence-corrected chi connectivity index (χ2v) is 6.04. The quantitative estimate of drug-likeness (QED) is 0.907. The van der Waals surface area contributed by atoms with Crippen LogP contribution in [0.5, 0.6) is 0 Å². The molecule has 2 aliphatic rings. The fraction of sp³-hybridized carbons (Fsp3) is 0.667. The average molecular weight is 278 g/mol. The molecule has 1 saturated heterocycles. The van der Waals surface area contributed by atoms with Crippen molar-refractivity contribution in [2.24, 2.45) is 0 Å². The maximum Gasteiger partial charge on any atom is 0.170 e. The van der Waals surface area contributed by atoms with E-state index in [4.69, 9.17) is 0 Å². The Balaban J connectivity index is 1.73. The van der Waals surface area contributed by atoms with Crippen molar-refractivity contribution >= 4 is 5.82 Å². The summed E-state index contributed by atoms with van der Waals surface area (Å²) in [5, 5.41) is 3.37. The van der Waals surface area contributed by atoms with Crippen molar-refractivity contribution in [3.8, 4) is 0 Å². The number of nitrogens with zero attached hydrogens (tertiary/aromatic N) is 3. The van der Waals surface area contributed by atoms with Gasteiger partial charge in [-0.15, -0.1) is 0 Å². The predicted molar refractivity (Wildman–Crippen MR) is 78.4 cm³/mol. The maximum atomic E-state index is 14.6. The topological polar surface area (TPSA) is 31.4 Å². The van der Waals surface area contributed by atoms with Gasteiger partial charge in [0.05, 0.1) is 0 Å². The summed E-state index contributed by atoms with van der Waals surface area (Å²) in [5.41, 5.74) is 0.730. The number of pyridine rings is 1. The number of hydrogen-bond donors (Lipinski definition) is 1. The van der Waals surface area contributed by atoms with Gasteiger partial charge in [-0.1, -0.05) is 0 Å². The van der Waals surface area contributed by atoms with Crippen molar-refractivity contribution < 1.29 is 4.39 Å². The van der Waals surface area contributed by atoms with Crippen LogP contribution in [0.25, 0.3) is 0 Å². The highest BCUT2D eigenvalue weighted by molar-refractivity contribution is 5.44. The van der Waals surface area contributed by atoms with Crippen LogP contribution in [0.3, 0.4) is 0 Å². The van der Waals surface area contributed by atoms with E-state index in [1.807, 2.05) is 0 Å². The van der Waals surface area contributed by atoms with Crippen molar-refractivity contribution in [1.29, 1.82) is 0 Å². The summed E-state index contributed by atoms with van der Waals surface area (Å²) in [5.74, 6) is 0.359. The zero-order valence-corrected chi connectivity index (χ0v) is 12.3. The lowest BCUT2D eigenvalue weighted by atomic mass is 10.2. The first-order valence-electron chi connectivity index (χ1n) is 7.47. The molecule has 1 aromatic heterocycles. The van der Waals surface area contributed by atoms with Gasteiger partial charge in [0.2, 0.25) is 0 Å². The van der Waals surface area contributed by atoms with Crippen LogP contribution >= 0.6 is 0 Å². The SMILES string of the molecule is CC1CN(c2nccc(CNC3CC3)c2F)CCN1C. The lowest BCUT2D eigenvalue weighted by Crippen LogP contribution is -2.50. The van der Waals surface area contributed by atoms with Crippen LogP contribution in [-0.4, -0.2) is 48.6 Å². The first-order chi connectivity index (χ1) is 9.65. The largest absolute Gasteiger partial charge is 0.351 e. The Morgan fingerprint density at radius 3 is 2.90 bits per heavy atom. The molecule has 5 heteroatoms.